The van der Waals surface area contributed by atoms with E-state index < -0.39 is 0 Å². The molecular weight excluding hydrogens is 422 g/mol. The molecule has 3 aromatic carbocycles. The summed E-state index contributed by atoms with van der Waals surface area (Å²) in [7, 11) is 0. The molecule has 0 bridgehead atoms. The summed E-state index contributed by atoms with van der Waals surface area (Å²) >= 11 is 0. The quantitative estimate of drug-likeness (QED) is 0.410. The fourth-order valence-corrected chi connectivity index (χ4v) is 4.47. The van der Waals surface area contributed by atoms with Crippen molar-refractivity contribution in [3.63, 3.8) is 0 Å². The summed E-state index contributed by atoms with van der Waals surface area (Å²) in [6, 6.07) is 27.2. The van der Waals surface area contributed by atoms with Gasteiger partial charge < -0.3 is 9.80 Å². The van der Waals surface area contributed by atoms with E-state index in [0.717, 1.165) is 29.9 Å². The van der Waals surface area contributed by atoms with Crippen molar-refractivity contribution in [1.82, 2.24) is 4.90 Å². The zero-order valence-electron chi connectivity index (χ0n) is 20.1. The maximum Gasteiger partial charge on any atom is 0.282 e. The van der Waals surface area contributed by atoms with Gasteiger partial charge in [0, 0.05) is 31.9 Å². The molecule has 0 aromatic heterocycles. The van der Waals surface area contributed by atoms with Gasteiger partial charge in [-0.3, -0.25) is 9.59 Å². The minimum absolute atomic E-state index is 0.280. The van der Waals surface area contributed by atoms with Gasteiger partial charge in [-0.1, -0.05) is 60.7 Å². The smallest absolute Gasteiger partial charge is 0.282 e. The summed E-state index contributed by atoms with van der Waals surface area (Å²) in [5.41, 5.74) is 4.41. The van der Waals surface area contributed by atoms with Crippen LogP contribution in [0.1, 0.15) is 31.9 Å². The maximum atomic E-state index is 13.8. The van der Waals surface area contributed by atoms with Crippen molar-refractivity contribution in [2.24, 2.45) is 0 Å². The van der Waals surface area contributed by atoms with Crippen molar-refractivity contribution in [2.75, 3.05) is 29.4 Å². The highest BCUT2D eigenvalue weighted by molar-refractivity contribution is 6.45. The van der Waals surface area contributed by atoms with E-state index in [-0.39, 0.29) is 11.8 Å². The van der Waals surface area contributed by atoms with Crippen molar-refractivity contribution in [1.29, 1.82) is 0 Å². The summed E-state index contributed by atoms with van der Waals surface area (Å²) in [6.07, 6.45) is 0. The fraction of sp³-hybridized carbons (Fsp3) is 0.241. The first-order chi connectivity index (χ1) is 16.6. The second kappa shape index (κ2) is 10.4. The number of imide groups is 1. The molecule has 1 heterocycles. The molecule has 0 spiro atoms. The van der Waals surface area contributed by atoms with Gasteiger partial charge in [-0.2, -0.15) is 0 Å². The van der Waals surface area contributed by atoms with Crippen molar-refractivity contribution < 1.29 is 9.59 Å². The van der Waals surface area contributed by atoms with Gasteiger partial charge in [0.1, 0.15) is 5.70 Å². The standard InChI is InChI=1S/C29H31N3O2/c1-4-30(5-2)24-17-19-25(20-18-24)32-28(33)26(23-15-11-8-12-16-23)27(29(32)34)31(6-3)21-22-13-9-7-10-14-22/h7-20H,4-6,21H2,1-3H3. The maximum absolute atomic E-state index is 13.8. The highest BCUT2D eigenvalue weighted by atomic mass is 16.2. The van der Waals surface area contributed by atoms with Gasteiger partial charge in [0.05, 0.1) is 11.3 Å². The number of rotatable bonds is 9. The molecule has 1 aliphatic rings. The van der Waals surface area contributed by atoms with Crippen LogP contribution in [0.2, 0.25) is 0 Å². The number of benzene rings is 3. The number of nitrogens with zero attached hydrogens (tertiary/aromatic N) is 3. The molecule has 5 nitrogen and oxygen atoms in total. The third-order valence-electron chi connectivity index (χ3n) is 6.27. The molecule has 0 saturated heterocycles. The van der Waals surface area contributed by atoms with Gasteiger partial charge in [-0.15, -0.1) is 0 Å². The van der Waals surface area contributed by atoms with E-state index in [0.29, 0.717) is 30.0 Å². The Labute approximate surface area is 201 Å². The van der Waals surface area contributed by atoms with Crippen molar-refractivity contribution in [2.45, 2.75) is 27.3 Å². The predicted molar refractivity (Wildman–Crippen MR) is 138 cm³/mol. The average molecular weight is 454 g/mol. The molecule has 5 heteroatoms. The lowest BCUT2D eigenvalue weighted by Crippen LogP contribution is -2.35. The van der Waals surface area contributed by atoms with Crippen LogP contribution in [0.15, 0.2) is 90.6 Å². The highest BCUT2D eigenvalue weighted by Crippen LogP contribution is 2.36. The van der Waals surface area contributed by atoms with Crippen LogP contribution in [0.3, 0.4) is 0 Å². The number of carbonyl (C=O) groups is 2. The van der Waals surface area contributed by atoms with Crippen molar-refractivity contribution in [3.8, 4) is 0 Å². The molecule has 4 rings (SSSR count). The highest BCUT2D eigenvalue weighted by Gasteiger charge is 2.42. The number of likely N-dealkylation sites (N-methyl/N-ethyl adjacent to an activating group) is 1. The van der Waals surface area contributed by atoms with Gasteiger partial charge in [0.2, 0.25) is 0 Å². The average Bonchev–Trinajstić information content (AvgIpc) is 3.14. The summed E-state index contributed by atoms with van der Waals surface area (Å²) in [4.78, 5) is 33.1. The molecule has 0 saturated carbocycles. The molecule has 3 aromatic rings. The molecule has 0 unspecified atom stereocenters. The molecule has 2 amide bonds. The molecule has 0 fully saturated rings. The summed E-state index contributed by atoms with van der Waals surface area (Å²) in [5.74, 6) is -0.564. The van der Waals surface area contributed by atoms with Crippen LogP contribution >= 0.6 is 0 Å². The third-order valence-corrected chi connectivity index (χ3v) is 6.27. The molecule has 174 valence electrons. The normalized spacial score (nSPS) is 13.6. The Balaban J connectivity index is 1.75. The number of amides is 2. The second-order valence-electron chi connectivity index (χ2n) is 8.22. The Hall–Kier alpha value is -3.86. The first-order valence-electron chi connectivity index (χ1n) is 11.9. The van der Waals surface area contributed by atoms with E-state index in [1.54, 1.807) is 0 Å². The van der Waals surface area contributed by atoms with Gasteiger partial charge in [-0.25, -0.2) is 4.90 Å². The molecule has 1 aliphatic heterocycles. The molecule has 0 atom stereocenters. The molecule has 0 N–H and O–H groups in total. The number of anilines is 2. The Bertz CT molecular complexity index is 1170. The van der Waals surface area contributed by atoms with Gasteiger partial charge in [0.25, 0.3) is 11.8 Å². The Morgan fingerprint density at radius 2 is 1.21 bits per heavy atom. The van der Waals surface area contributed by atoms with E-state index in [9.17, 15) is 9.59 Å². The lowest BCUT2D eigenvalue weighted by molar-refractivity contribution is -0.120. The van der Waals surface area contributed by atoms with E-state index in [1.165, 1.54) is 4.90 Å². The zero-order valence-corrected chi connectivity index (χ0v) is 20.1. The number of carbonyl (C=O) groups excluding carboxylic acids is 2. The summed E-state index contributed by atoms with van der Waals surface area (Å²) < 4.78 is 0. The lowest BCUT2D eigenvalue weighted by atomic mass is 10.0. The number of hydrogen-bond acceptors (Lipinski definition) is 4. The zero-order chi connectivity index (χ0) is 24.1. The van der Waals surface area contributed by atoms with Crippen LogP contribution in [0.5, 0.6) is 0 Å². The molecule has 0 aliphatic carbocycles. The Morgan fingerprint density at radius 3 is 1.76 bits per heavy atom. The van der Waals surface area contributed by atoms with Crippen molar-refractivity contribution >= 4 is 28.8 Å². The lowest BCUT2D eigenvalue weighted by Gasteiger charge is -2.25. The van der Waals surface area contributed by atoms with Crippen LogP contribution in [0.4, 0.5) is 11.4 Å². The first-order valence-corrected chi connectivity index (χ1v) is 11.9. The second-order valence-corrected chi connectivity index (χ2v) is 8.22. The van der Waals surface area contributed by atoms with Gasteiger partial charge >= 0.3 is 0 Å². The SMILES string of the molecule is CCN(Cc1ccccc1)C1=C(c2ccccc2)C(=O)N(c2ccc(N(CC)CC)cc2)C1=O. The third kappa shape index (κ3) is 4.46. The van der Waals surface area contributed by atoms with Crippen LogP contribution in [-0.2, 0) is 16.1 Å². The molecule has 34 heavy (non-hydrogen) atoms. The largest absolute Gasteiger partial charge is 0.372 e. The number of hydrogen-bond donors (Lipinski definition) is 0. The first kappa shape index (κ1) is 23.3. The van der Waals surface area contributed by atoms with E-state index in [4.69, 9.17) is 0 Å². The fourth-order valence-electron chi connectivity index (χ4n) is 4.47. The van der Waals surface area contributed by atoms with Crippen molar-refractivity contribution in [3.05, 3.63) is 102 Å². The van der Waals surface area contributed by atoms with Crippen LogP contribution in [-0.4, -0.2) is 36.3 Å². The van der Waals surface area contributed by atoms with E-state index in [2.05, 4.69) is 18.7 Å². The van der Waals surface area contributed by atoms with Crippen LogP contribution in [0.25, 0.3) is 5.57 Å². The van der Waals surface area contributed by atoms with Crippen LogP contribution < -0.4 is 9.80 Å². The Kier molecular flexibility index (Phi) is 7.12. The van der Waals surface area contributed by atoms with Gasteiger partial charge in [-0.05, 0) is 56.2 Å². The molecular formula is C29H31N3O2. The van der Waals surface area contributed by atoms with Gasteiger partial charge in [0.15, 0.2) is 0 Å². The summed E-state index contributed by atoms with van der Waals surface area (Å²) in [6.45, 7) is 9.18. The Morgan fingerprint density at radius 1 is 0.647 bits per heavy atom. The van der Waals surface area contributed by atoms with Crippen LogP contribution in [0, 0.1) is 0 Å². The topological polar surface area (TPSA) is 43.9 Å². The monoisotopic (exact) mass is 453 g/mol. The predicted octanol–water partition coefficient (Wildman–Crippen LogP) is 5.34. The minimum Gasteiger partial charge on any atom is -0.372 e. The molecule has 0 radical (unpaired) electrons. The van der Waals surface area contributed by atoms with E-state index >= 15 is 0 Å². The van der Waals surface area contributed by atoms with E-state index in [1.807, 2.05) is 96.8 Å². The summed E-state index contributed by atoms with van der Waals surface area (Å²) in [5, 5.41) is 0. The minimum atomic E-state index is -0.284.